The largest absolute Gasteiger partial charge is 0.748 e. The molecule has 0 radical (unpaired) electrons. The lowest BCUT2D eigenvalue weighted by Crippen LogP contribution is -2.58. The van der Waals surface area contributed by atoms with E-state index in [1.54, 1.807) is 0 Å². The number of fused-ring (bicyclic) bond motifs is 5. The summed E-state index contributed by atoms with van der Waals surface area (Å²) in [5.41, 5.74) is 0.358. The average molecular weight is 428 g/mol. The van der Waals surface area contributed by atoms with E-state index < -0.39 is 10.1 Å². The Balaban J connectivity index is 1.55. The van der Waals surface area contributed by atoms with Crippen LogP contribution in [0.1, 0.15) is 78.6 Å². The highest BCUT2D eigenvalue weighted by Crippen LogP contribution is 2.68. The summed E-state index contributed by atoms with van der Waals surface area (Å²) in [7, 11) is -4.16. The zero-order chi connectivity index (χ0) is 21.2. The summed E-state index contributed by atoms with van der Waals surface area (Å²) in [6, 6.07) is 0. The molecule has 0 bridgehead atoms. The number of hydrogen-bond donors (Lipinski definition) is 2. The van der Waals surface area contributed by atoms with Crippen molar-refractivity contribution < 1.29 is 23.2 Å². The second-order valence-corrected chi connectivity index (χ2v) is 13.0. The van der Waals surface area contributed by atoms with Crippen molar-refractivity contribution in [3.63, 3.8) is 0 Å². The third-order valence-electron chi connectivity index (χ3n) is 10.2. The van der Waals surface area contributed by atoms with Crippen LogP contribution >= 0.6 is 0 Å². The minimum absolute atomic E-state index is 0.131. The molecule has 4 fully saturated rings. The van der Waals surface area contributed by atoms with Crippen molar-refractivity contribution in [2.45, 2.75) is 90.8 Å². The molecule has 29 heavy (non-hydrogen) atoms. The van der Waals surface area contributed by atoms with Crippen LogP contribution in [0.2, 0.25) is 0 Å². The molecule has 0 saturated heterocycles. The number of aliphatic hydroxyl groups is 2. The first-order valence-electron chi connectivity index (χ1n) is 11.8. The van der Waals surface area contributed by atoms with Crippen LogP contribution in [0.3, 0.4) is 0 Å². The zero-order valence-electron chi connectivity index (χ0n) is 18.2. The van der Waals surface area contributed by atoms with Crippen LogP contribution in [0.25, 0.3) is 0 Å². The lowest BCUT2D eigenvalue weighted by Gasteiger charge is -2.62. The maximum absolute atomic E-state index is 11.2. The molecule has 168 valence electrons. The van der Waals surface area contributed by atoms with E-state index >= 15 is 0 Å². The summed E-state index contributed by atoms with van der Waals surface area (Å²) in [5.74, 6) is 2.15. The van der Waals surface area contributed by atoms with Gasteiger partial charge in [0.1, 0.15) is 0 Å². The van der Waals surface area contributed by atoms with Crippen molar-refractivity contribution in [2.24, 2.45) is 46.3 Å². The molecule has 0 aliphatic heterocycles. The van der Waals surface area contributed by atoms with Gasteiger partial charge in [-0.2, -0.15) is 0 Å². The molecule has 0 spiro atoms. The summed E-state index contributed by atoms with van der Waals surface area (Å²) >= 11 is 0. The van der Waals surface area contributed by atoms with Crippen molar-refractivity contribution in [1.29, 1.82) is 0 Å². The molecule has 4 aliphatic rings. The van der Waals surface area contributed by atoms with Gasteiger partial charge in [-0.3, -0.25) is 0 Å². The van der Waals surface area contributed by atoms with Crippen LogP contribution in [0, 0.1) is 46.3 Å². The Morgan fingerprint density at radius 2 is 1.66 bits per heavy atom. The molecule has 0 heterocycles. The van der Waals surface area contributed by atoms with Gasteiger partial charge in [0, 0.05) is 5.75 Å². The van der Waals surface area contributed by atoms with Crippen molar-refractivity contribution in [3.8, 4) is 0 Å². The predicted octanol–water partition coefficient (Wildman–Crippen LogP) is 3.55. The van der Waals surface area contributed by atoms with Crippen LogP contribution in [0.5, 0.6) is 0 Å². The van der Waals surface area contributed by atoms with Crippen molar-refractivity contribution in [2.75, 3.05) is 5.75 Å². The predicted molar refractivity (Wildman–Crippen MR) is 111 cm³/mol. The Morgan fingerprint density at radius 1 is 1.00 bits per heavy atom. The Hall–Kier alpha value is -0.170. The van der Waals surface area contributed by atoms with Crippen LogP contribution in [-0.2, 0) is 10.1 Å². The van der Waals surface area contributed by atoms with E-state index in [1.165, 1.54) is 0 Å². The van der Waals surface area contributed by atoms with Gasteiger partial charge in [-0.25, -0.2) is 8.42 Å². The normalized spacial score (nSPS) is 51.0. The smallest absolute Gasteiger partial charge is 0.0946 e. The molecule has 10 atom stereocenters. The average Bonchev–Trinajstić information content (AvgIpc) is 2.98. The monoisotopic (exact) mass is 427 g/mol. The van der Waals surface area contributed by atoms with Crippen LogP contribution in [0.15, 0.2) is 0 Å². The highest BCUT2D eigenvalue weighted by atomic mass is 32.2. The van der Waals surface area contributed by atoms with Gasteiger partial charge in [0.15, 0.2) is 0 Å². The Morgan fingerprint density at radius 3 is 2.34 bits per heavy atom. The first-order valence-corrected chi connectivity index (χ1v) is 13.3. The Bertz CT molecular complexity index is 723. The summed E-state index contributed by atoms with van der Waals surface area (Å²) in [6.07, 6.45) is 8.01. The van der Waals surface area contributed by atoms with Gasteiger partial charge in [0.25, 0.3) is 0 Å². The van der Waals surface area contributed by atoms with Crippen LogP contribution < -0.4 is 0 Å². The van der Waals surface area contributed by atoms with Gasteiger partial charge in [-0.05, 0) is 104 Å². The van der Waals surface area contributed by atoms with Gasteiger partial charge >= 0.3 is 0 Å². The molecule has 4 rings (SSSR count). The topological polar surface area (TPSA) is 97.7 Å². The molecule has 2 N–H and O–H groups in total. The van der Waals surface area contributed by atoms with E-state index in [4.69, 9.17) is 0 Å². The van der Waals surface area contributed by atoms with E-state index in [0.717, 1.165) is 51.4 Å². The van der Waals surface area contributed by atoms with Gasteiger partial charge < -0.3 is 14.8 Å². The van der Waals surface area contributed by atoms with Crippen LogP contribution in [0.4, 0.5) is 0 Å². The second-order valence-electron chi connectivity index (χ2n) is 11.5. The molecule has 6 heteroatoms. The van der Waals surface area contributed by atoms with Gasteiger partial charge in [0.2, 0.25) is 0 Å². The third kappa shape index (κ3) is 3.70. The quantitative estimate of drug-likeness (QED) is 0.669. The molecule has 0 amide bonds. The lowest BCUT2D eigenvalue weighted by atomic mass is 9.43. The molecule has 4 aliphatic carbocycles. The van der Waals surface area contributed by atoms with E-state index in [9.17, 15) is 23.2 Å². The van der Waals surface area contributed by atoms with E-state index in [-0.39, 0.29) is 34.7 Å². The molecular formula is C23H39O5S-. The van der Waals surface area contributed by atoms with Crippen LogP contribution in [-0.4, -0.2) is 41.1 Å². The fourth-order valence-corrected chi connectivity index (χ4v) is 9.37. The van der Waals surface area contributed by atoms with Crippen molar-refractivity contribution >= 4 is 10.1 Å². The highest BCUT2D eigenvalue weighted by Gasteiger charge is 2.62. The van der Waals surface area contributed by atoms with Crippen molar-refractivity contribution in [3.05, 3.63) is 0 Å². The fraction of sp³-hybridized carbons (Fsp3) is 1.00. The Labute approximate surface area is 176 Å². The standard InChI is InChI=1S/C23H40O5S/c1-14(8-11-29(26,27)28)17-4-5-18-21-19(7-10-23(17,18)3)22(2)9-6-16(24)12-15(22)13-20(21)25/h14-21,24-25H,4-13H2,1-3H3,(H,26,27,28)/p-1/t14-,15+,16-,17-,18+,19+,20+,21+,22+,23-/m1/s1. The molecule has 0 aromatic heterocycles. The molecule has 0 aromatic rings. The molecular weight excluding hydrogens is 388 g/mol. The number of hydrogen-bond acceptors (Lipinski definition) is 5. The summed E-state index contributed by atoms with van der Waals surface area (Å²) in [6.45, 7) is 6.91. The first-order chi connectivity index (χ1) is 13.5. The third-order valence-corrected chi connectivity index (χ3v) is 11.0. The molecule has 4 saturated carbocycles. The number of rotatable bonds is 4. The minimum atomic E-state index is -4.16. The number of aliphatic hydroxyl groups excluding tert-OH is 2. The fourth-order valence-electron chi connectivity index (χ4n) is 8.71. The summed E-state index contributed by atoms with van der Waals surface area (Å²) in [4.78, 5) is 0. The molecule has 0 unspecified atom stereocenters. The summed E-state index contributed by atoms with van der Waals surface area (Å²) < 4.78 is 33.4. The first kappa shape index (κ1) is 22.0. The van der Waals surface area contributed by atoms with Gasteiger partial charge in [0.05, 0.1) is 22.3 Å². The SMILES string of the molecule is C[C@H](CCS(=O)(=O)[O-])[C@H]1CC[C@H]2[C@@H]3[C@@H](O)C[C@@H]4C[C@H](O)CC[C@]4(C)[C@H]3CC[C@]12C. The van der Waals surface area contributed by atoms with E-state index in [0.29, 0.717) is 36.0 Å². The van der Waals surface area contributed by atoms with Crippen molar-refractivity contribution in [1.82, 2.24) is 0 Å². The highest BCUT2D eigenvalue weighted by molar-refractivity contribution is 7.85. The molecule has 0 aromatic carbocycles. The van der Waals surface area contributed by atoms with Gasteiger partial charge in [-0.15, -0.1) is 0 Å². The maximum Gasteiger partial charge on any atom is 0.0946 e. The van der Waals surface area contributed by atoms with E-state index in [1.807, 2.05) is 0 Å². The summed E-state index contributed by atoms with van der Waals surface area (Å²) in [5, 5.41) is 21.4. The van der Waals surface area contributed by atoms with Gasteiger partial charge in [-0.1, -0.05) is 20.8 Å². The molecule has 5 nitrogen and oxygen atoms in total. The maximum atomic E-state index is 11.2. The minimum Gasteiger partial charge on any atom is -0.748 e. The lowest BCUT2D eigenvalue weighted by molar-refractivity contribution is -0.174. The van der Waals surface area contributed by atoms with E-state index in [2.05, 4.69) is 20.8 Å². The Kier molecular flexibility index (Phi) is 5.67. The second kappa shape index (κ2) is 7.46. The zero-order valence-corrected chi connectivity index (χ0v) is 19.0.